The van der Waals surface area contributed by atoms with Crippen molar-refractivity contribution in [2.75, 3.05) is 19.7 Å². The Morgan fingerprint density at radius 1 is 1.00 bits per heavy atom. The SMILES string of the molecule is CCC(C)C1CCCCC=CCC(OCCCCC=C2CCN(C3CCCCC3)CC2)C1. The minimum absolute atomic E-state index is 0.436. The Morgan fingerprint density at radius 2 is 1.78 bits per heavy atom. The van der Waals surface area contributed by atoms with Crippen molar-refractivity contribution >= 4 is 0 Å². The minimum atomic E-state index is 0.436. The van der Waals surface area contributed by atoms with Crippen LogP contribution >= 0.6 is 0 Å². The summed E-state index contributed by atoms with van der Waals surface area (Å²) < 4.78 is 6.43. The van der Waals surface area contributed by atoms with Gasteiger partial charge in [-0.1, -0.05) is 76.2 Å². The first-order valence-electron chi connectivity index (χ1n) is 14.4. The largest absolute Gasteiger partial charge is 0.378 e. The number of piperidine rings is 1. The van der Waals surface area contributed by atoms with Gasteiger partial charge in [-0.05, 0) is 82.5 Å². The van der Waals surface area contributed by atoms with E-state index in [9.17, 15) is 0 Å². The molecule has 0 amide bonds. The van der Waals surface area contributed by atoms with Crippen LogP contribution in [0.25, 0.3) is 0 Å². The first-order chi connectivity index (χ1) is 15.8. The molecule has 0 aromatic heterocycles. The van der Waals surface area contributed by atoms with Gasteiger partial charge in [-0.15, -0.1) is 0 Å². The highest BCUT2D eigenvalue weighted by molar-refractivity contribution is 5.06. The van der Waals surface area contributed by atoms with E-state index in [1.165, 1.54) is 116 Å². The van der Waals surface area contributed by atoms with Crippen LogP contribution in [-0.4, -0.2) is 36.7 Å². The summed E-state index contributed by atoms with van der Waals surface area (Å²) in [5.41, 5.74) is 1.73. The summed E-state index contributed by atoms with van der Waals surface area (Å²) in [7, 11) is 0. The van der Waals surface area contributed by atoms with Crippen molar-refractivity contribution in [3.63, 3.8) is 0 Å². The van der Waals surface area contributed by atoms with Crippen LogP contribution in [-0.2, 0) is 4.74 Å². The summed E-state index contributed by atoms with van der Waals surface area (Å²) in [6, 6.07) is 0.902. The highest BCUT2D eigenvalue weighted by atomic mass is 16.5. The molecular formula is C30H53NO. The van der Waals surface area contributed by atoms with Gasteiger partial charge >= 0.3 is 0 Å². The molecule has 2 fully saturated rings. The van der Waals surface area contributed by atoms with E-state index in [0.717, 1.165) is 30.9 Å². The Hall–Kier alpha value is -0.600. The Morgan fingerprint density at radius 3 is 2.56 bits per heavy atom. The predicted octanol–water partition coefficient (Wildman–Crippen LogP) is 8.47. The molecule has 2 aliphatic carbocycles. The number of allylic oxidation sites excluding steroid dienone is 2. The number of rotatable bonds is 9. The number of nitrogens with zero attached hydrogens (tertiary/aromatic N) is 1. The molecule has 3 atom stereocenters. The second-order valence-corrected chi connectivity index (χ2v) is 11.1. The van der Waals surface area contributed by atoms with E-state index in [1.54, 1.807) is 5.57 Å². The van der Waals surface area contributed by atoms with Crippen molar-refractivity contribution < 1.29 is 4.74 Å². The second-order valence-electron chi connectivity index (χ2n) is 11.1. The lowest BCUT2D eigenvalue weighted by Gasteiger charge is -2.37. The molecule has 0 bridgehead atoms. The molecule has 1 heterocycles. The molecule has 3 aliphatic rings. The summed E-state index contributed by atoms with van der Waals surface area (Å²) >= 11 is 0. The van der Waals surface area contributed by atoms with Crippen molar-refractivity contribution in [1.29, 1.82) is 0 Å². The van der Waals surface area contributed by atoms with E-state index in [2.05, 4.69) is 37.0 Å². The van der Waals surface area contributed by atoms with Gasteiger partial charge in [-0.2, -0.15) is 0 Å². The molecule has 2 heteroatoms. The van der Waals surface area contributed by atoms with Gasteiger partial charge in [0, 0.05) is 25.7 Å². The highest BCUT2D eigenvalue weighted by Crippen LogP contribution is 2.30. The predicted molar refractivity (Wildman–Crippen MR) is 139 cm³/mol. The summed E-state index contributed by atoms with van der Waals surface area (Å²) in [5.74, 6) is 1.68. The van der Waals surface area contributed by atoms with Crippen molar-refractivity contribution in [1.82, 2.24) is 4.90 Å². The van der Waals surface area contributed by atoms with Gasteiger partial charge in [0.15, 0.2) is 0 Å². The summed E-state index contributed by atoms with van der Waals surface area (Å²) in [4.78, 5) is 2.80. The van der Waals surface area contributed by atoms with Crippen LogP contribution < -0.4 is 0 Å². The van der Waals surface area contributed by atoms with E-state index in [4.69, 9.17) is 4.74 Å². The van der Waals surface area contributed by atoms with E-state index in [1.807, 2.05) is 0 Å². The molecule has 184 valence electrons. The van der Waals surface area contributed by atoms with Gasteiger partial charge in [0.05, 0.1) is 6.10 Å². The van der Waals surface area contributed by atoms with E-state index in [0.29, 0.717) is 6.10 Å². The van der Waals surface area contributed by atoms with Crippen molar-refractivity contribution in [3.8, 4) is 0 Å². The zero-order valence-corrected chi connectivity index (χ0v) is 21.5. The Balaban J connectivity index is 1.31. The Bertz CT molecular complexity index is 537. The fourth-order valence-electron chi connectivity index (χ4n) is 6.20. The summed E-state index contributed by atoms with van der Waals surface area (Å²) in [6.07, 6.45) is 30.6. The second kappa shape index (κ2) is 15.3. The average molecular weight is 444 g/mol. The quantitative estimate of drug-likeness (QED) is 0.262. The average Bonchev–Trinajstić information content (AvgIpc) is 2.85. The summed E-state index contributed by atoms with van der Waals surface area (Å²) in [5, 5.41) is 0. The van der Waals surface area contributed by atoms with Crippen LogP contribution in [0.15, 0.2) is 23.8 Å². The van der Waals surface area contributed by atoms with Crippen molar-refractivity contribution in [2.24, 2.45) is 11.8 Å². The van der Waals surface area contributed by atoms with E-state index in [-0.39, 0.29) is 0 Å². The Kier molecular flexibility index (Phi) is 12.5. The van der Waals surface area contributed by atoms with Gasteiger partial charge in [0.25, 0.3) is 0 Å². The van der Waals surface area contributed by atoms with Gasteiger partial charge in [-0.3, -0.25) is 4.90 Å². The number of hydrogen-bond donors (Lipinski definition) is 0. The molecule has 1 aliphatic heterocycles. The molecular weight excluding hydrogens is 390 g/mol. The van der Waals surface area contributed by atoms with Gasteiger partial charge < -0.3 is 4.74 Å². The number of unbranched alkanes of at least 4 members (excludes halogenated alkanes) is 2. The lowest BCUT2D eigenvalue weighted by atomic mass is 9.82. The van der Waals surface area contributed by atoms with E-state index >= 15 is 0 Å². The monoisotopic (exact) mass is 443 g/mol. The molecule has 0 aromatic carbocycles. The number of ether oxygens (including phenoxy) is 1. The van der Waals surface area contributed by atoms with Crippen LogP contribution in [0.4, 0.5) is 0 Å². The highest BCUT2D eigenvalue weighted by Gasteiger charge is 2.24. The Labute approximate surface area is 200 Å². The molecule has 1 saturated carbocycles. The maximum Gasteiger partial charge on any atom is 0.0612 e. The van der Waals surface area contributed by atoms with Crippen LogP contribution in [0.1, 0.15) is 123 Å². The zero-order valence-electron chi connectivity index (χ0n) is 21.5. The lowest BCUT2D eigenvalue weighted by Crippen LogP contribution is -2.40. The van der Waals surface area contributed by atoms with Crippen LogP contribution in [0.3, 0.4) is 0 Å². The van der Waals surface area contributed by atoms with Crippen LogP contribution in [0.5, 0.6) is 0 Å². The molecule has 0 aromatic rings. The zero-order chi connectivity index (χ0) is 22.4. The van der Waals surface area contributed by atoms with Gasteiger partial charge in [-0.25, -0.2) is 0 Å². The third-order valence-electron chi connectivity index (χ3n) is 8.69. The first kappa shape index (κ1) is 26.0. The van der Waals surface area contributed by atoms with Gasteiger partial charge in [0.1, 0.15) is 0 Å². The number of hydrogen-bond acceptors (Lipinski definition) is 2. The molecule has 0 radical (unpaired) electrons. The van der Waals surface area contributed by atoms with Crippen LogP contribution in [0, 0.1) is 11.8 Å². The molecule has 32 heavy (non-hydrogen) atoms. The first-order valence-corrected chi connectivity index (χ1v) is 14.4. The van der Waals surface area contributed by atoms with Crippen LogP contribution in [0.2, 0.25) is 0 Å². The fraction of sp³-hybridized carbons (Fsp3) is 0.867. The van der Waals surface area contributed by atoms with E-state index < -0.39 is 0 Å². The van der Waals surface area contributed by atoms with Crippen molar-refractivity contribution in [2.45, 2.75) is 135 Å². The molecule has 1 saturated heterocycles. The topological polar surface area (TPSA) is 12.5 Å². The van der Waals surface area contributed by atoms with Crippen molar-refractivity contribution in [3.05, 3.63) is 23.8 Å². The molecule has 0 spiro atoms. The third kappa shape index (κ3) is 9.34. The maximum absolute atomic E-state index is 6.43. The molecule has 2 nitrogen and oxygen atoms in total. The fourth-order valence-corrected chi connectivity index (χ4v) is 6.20. The standard InChI is InChI=1S/C30H53NO/c1-3-26(2)28-16-10-5-4-6-13-19-30(25-28)32-24-14-8-9-15-27-20-22-31(23-21-27)29-17-11-7-12-18-29/h6,13,15,26,28-30H,3-5,7-12,14,16-25H2,1-2H3. The third-order valence-corrected chi connectivity index (χ3v) is 8.69. The maximum atomic E-state index is 6.43. The molecule has 0 N–H and O–H groups in total. The van der Waals surface area contributed by atoms with Gasteiger partial charge in [0.2, 0.25) is 0 Å². The normalized spacial score (nSPS) is 27.9. The number of likely N-dealkylation sites (tertiary alicyclic amines) is 1. The smallest absolute Gasteiger partial charge is 0.0612 e. The minimum Gasteiger partial charge on any atom is -0.378 e. The molecule has 3 rings (SSSR count). The lowest BCUT2D eigenvalue weighted by molar-refractivity contribution is 0.0277. The molecule has 3 unspecified atom stereocenters. The summed E-state index contributed by atoms with van der Waals surface area (Å²) in [6.45, 7) is 8.38.